The number of rotatable bonds is 13. The Bertz CT molecular complexity index is 969. The second kappa shape index (κ2) is 18.1. The number of hydrogen-bond acceptors (Lipinski definition) is 8. The third-order valence-electron chi connectivity index (χ3n) is 5.47. The van der Waals surface area contributed by atoms with Gasteiger partial charge in [0.15, 0.2) is 0 Å². The molecule has 0 saturated carbocycles. The second-order valence-electron chi connectivity index (χ2n) is 15.2. The minimum atomic E-state index is -0.680. The SMILES string of the molecule is CC(C)N(CCCN(C/C=C/CN(CCCNC(=O)OC(C)(C)C)C(=O)OC(C)(C)C)C(=O)OC(C)(C)C)C(=O)OC(C)(C)C. The normalized spacial score (nSPS) is 12.5. The van der Waals surface area contributed by atoms with E-state index in [1.165, 1.54) is 4.90 Å². The minimum absolute atomic E-state index is 0.0760. The van der Waals surface area contributed by atoms with Crippen molar-refractivity contribution < 1.29 is 38.1 Å². The van der Waals surface area contributed by atoms with E-state index in [2.05, 4.69) is 5.32 Å². The molecule has 0 fully saturated rings. The average Bonchev–Trinajstić information content (AvgIpc) is 2.79. The van der Waals surface area contributed by atoms with E-state index in [4.69, 9.17) is 18.9 Å². The first-order chi connectivity index (χ1) is 20.3. The van der Waals surface area contributed by atoms with Gasteiger partial charge in [0.25, 0.3) is 0 Å². The number of alkyl carbamates (subject to hydrolysis) is 1. The van der Waals surface area contributed by atoms with Crippen LogP contribution in [0.5, 0.6) is 0 Å². The van der Waals surface area contributed by atoms with Crippen molar-refractivity contribution >= 4 is 24.4 Å². The maximum absolute atomic E-state index is 13.0. The van der Waals surface area contributed by atoms with Gasteiger partial charge >= 0.3 is 24.4 Å². The van der Waals surface area contributed by atoms with Gasteiger partial charge in [-0.3, -0.25) is 0 Å². The third-order valence-corrected chi connectivity index (χ3v) is 5.47. The number of amides is 4. The highest BCUT2D eigenvalue weighted by molar-refractivity contribution is 5.70. The van der Waals surface area contributed by atoms with E-state index >= 15 is 0 Å². The minimum Gasteiger partial charge on any atom is -0.444 e. The molecule has 0 aromatic rings. The molecule has 0 aromatic heterocycles. The summed E-state index contributed by atoms with van der Waals surface area (Å²) in [6.45, 7) is 27.4. The summed E-state index contributed by atoms with van der Waals surface area (Å²) < 4.78 is 22.0. The van der Waals surface area contributed by atoms with Gasteiger partial charge in [0, 0.05) is 45.3 Å². The molecule has 0 radical (unpaired) electrons. The van der Waals surface area contributed by atoms with Crippen LogP contribution in [0.2, 0.25) is 0 Å². The topological polar surface area (TPSA) is 127 Å². The van der Waals surface area contributed by atoms with E-state index in [9.17, 15) is 19.2 Å². The van der Waals surface area contributed by atoms with Crippen molar-refractivity contribution in [3.63, 3.8) is 0 Å². The van der Waals surface area contributed by atoms with E-state index in [1.807, 2.05) is 34.6 Å². The standard InChI is InChI=1S/C33H62N4O8/c1-25(2)37(29(41)45-33(12,13)14)24-18-23-36(28(40)44-32(9,10)11)21-16-15-20-35(27(39)43-31(6,7)8)22-17-19-34-26(38)42-30(3,4)5/h15-16,25H,17-24H2,1-14H3,(H,34,38)/b16-15+. The van der Waals surface area contributed by atoms with Crippen LogP contribution in [0.4, 0.5) is 19.2 Å². The zero-order chi connectivity index (χ0) is 35.2. The lowest BCUT2D eigenvalue weighted by Crippen LogP contribution is -2.43. The molecule has 0 aromatic carbocycles. The number of nitrogens with zero attached hydrogens (tertiary/aromatic N) is 3. The molecular formula is C33H62N4O8. The number of carbonyl (C=O) groups excluding carboxylic acids is 4. The molecule has 12 nitrogen and oxygen atoms in total. The molecule has 0 rings (SSSR count). The first-order valence-electron chi connectivity index (χ1n) is 15.9. The summed E-state index contributed by atoms with van der Waals surface area (Å²) in [7, 11) is 0. The van der Waals surface area contributed by atoms with Gasteiger partial charge in [-0.2, -0.15) is 0 Å². The van der Waals surface area contributed by atoms with Crippen molar-refractivity contribution in [2.45, 2.75) is 138 Å². The Labute approximate surface area is 272 Å². The van der Waals surface area contributed by atoms with E-state index in [0.717, 1.165) is 0 Å². The van der Waals surface area contributed by atoms with Gasteiger partial charge in [-0.15, -0.1) is 0 Å². The Morgan fingerprint density at radius 3 is 1.33 bits per heavy atom. The Hall–Kier alpha value is -3.18. The maximum atomic E-state index is 13.0. The fourth-order valence-electron chi connectivity index (χ4n) is 3.66. The van der Waals surface area contributed by atoms with Gasteiger partial charge in [-0.1, -0.05) is 12.2 Å². The van der Waals surface area contributed by atoms with Crippen molar-refractivity contribution in [3.8, 4) is 0 Å². The lowest BCUT2D eigenvalue weighted by molar-refractivity contribution is 0.0165. The van der Waals surface area contributed by atoms with Crippen molar-refractivity contribution in [1.29, 1.82) is 0 Å². The lowest BCUT2D eigenvalue weighted by Gasteiger charge is -2.31. The number of carbonyl (C=O) groups is 4. The van der Waals surface area contributed by atoms with Crippen LogP contribution in [-0.2, 0) is 18.9 Å². The molecule has 1 N–H and O–H groups in total. The lowest BCUT2D eigenvalue weighted by atomic mass is 10.2. The summed E-state index contributed by atoms with van der Waals surface area (Å²) in [5, 5.41) is 2.70. The van der Waals surface area contributed by atoms with Crippen LogP contribution in [0.15, 0.2) is 12.2 Å². The highest BCUT2D eigenvalue weighted by Gasteiger charge is 2.26. The Kier molecular flexibility index (Phi) is 16.8. The summed E-state index contributed by atoms with van der Waals surface area (Å²) in [5.41, 5.74) is -2.57. The monoisotopic (exact) mass is 642 g/mol. The highest BCUT2D eigenvalue weighted by Crippen LogP contribution is 2.15. The van der Waals surface area contributed by atoms with E-state index in [1.54, 1.807) is 84.3 Å². The second-order valence-corrected chi connectivity index (χ2v) is 15.2. The Morgan fingerprint density at radius 2 is 0.956 bits per heavy atom. The first-order valence-corrected chi connectivity index (χ1v) is 15.9. The van der Waals surface area contributed by atoms with Gasteiger partial charge in [-0.25, -0.2) is 19.2 Å². The number of ether oxygens (including phenoxy) is 4. The molecule has 0 spiro atoms. The van der Waals surface area contributed by atoms with Crippen molar-refractivity contribution in [3.05, 3.63) is 12.2 Å². The molecule has 0 saturated heterocycles. The molecule has 0 heterocycles. The predicted molar refractivity (Wildman–Crippen MR) is 176 cm³/mol. The zero-order valence-electron chi connectivity index (χ0n) is 30.5. The summed E-state index contributed by atoms with van der Waals surface area (Å²) in [5.74, 6) is 0. The average molecular weight is 643 g/mol. The fraction of sp³-hybridized carbons (Fsp3) is 0.818. The third kappa shape index (κ3) is 22.0. The van der Waals surface area contributed by atoms with Gasteiger partial charge in [0.1, 0.15) is 22.4 Å². The van der Waals surface area contributed by atoms with Crippen molar-refractivity contribution in [2.24, 2.45) is 0 Å². The van der Waals surface area contributed by atoms with Gasteiger partial charge in [0.2, 0.25) is 0 Å². The van der Waals surface area contributed by atoms with Crippen LogP contribution in [0.25, 0.3) is 0 Å². The van der Waals surface area contributed by atoms with E-state index < -0.39 is 46.8 Å². The maximum Gasteiger partial charge on any atom is 0.410 e. The van der Waals surface area contributed by atoms with Crippen LogP contribution in [0.1, 0.15) is 110 Å². The number of nitrogens with one attached hydrogen (secondary N) is 1. The molecule has 45 heavy (non-hydrogen) atoms. The summed E-state index contributed by atoms with van der Waals surface area (Å²) in [6.07, 6.45) is 2.72. The fourth-order valence-corrected chi connectivity index (χ4v) is 3.66. The molecular weight excluding hydrogens is 580 g/mol. The van der Waals surface area contributed by atoms with Gasteiger partial charge in [0.05, 0.1) is 0 Å². The van der Waals surface area contributed by atoms with Crippen LogP contribution in [0, 0.1) is 0 Å². The highest BCUT2D eigenvalue weighted by atomic mass is 16.6. The molecule has 0 unspecified atom stereocenters. The summed E-state index contributed by atoms with van der Waals surface area (Å²) >= 11 is 0. The van der Waals surface area contributed by atoms with Crippen LogP contribution in [-0.4, -0.2) is 107 Å². The smallest absolute Gasteiger partial charge is 0.410 e. The molecule has 0 atom stereocenters. The molecule has 4 amide bonds. The molecule has 0 bridgehead atoms. The van der Waals surface area contributed by atoms with E-state index in [0.29, 0.717) is 39.0 Å². The van der Waals surface area contributed by atoms with Crippen LogP contribution < -0.4 is 5.32 Å². The molecule has 0 aliphatic rings. The van der Waals surface area contributed by atoms with E-state index in [-0.39, 0.29) is 19.1 Å². The van der Waals surface area contributed by atoms with Gasteiger partial charge < -0.3 is 39.0 Å². The van der Waals surface area contributed by atoms with Crippen LogP contribution >= 0.6 is 0 Å². The summed E-state index contributed by atoms with van der Waals surface area (Å²) in [4.78, 5) is 55.4. The Balaban J connectivity index is 5.46. The first kappa shape index (κ1) is 41.8. The number of hydrogen-bond donors (Lipinski definition) is 1. The molecule has 262 valence electrons. The molecule has 0 aliphatic heterocycles. The quantitative estimate of drug-likeness (QED) is 0.130. The predicted octanol–water partition coefficient (Wildman–Crippen LogP) is 6.97. The van der Waals surface area contributed by atoms with Crippen molar-refractivity contribution in [2.75, 3.05) is 39.3 Å². The van der Waals surface area contributed by atoms with Crippen LogP contribution in [0.3, 0.4) is 0 Å². The van der Waals surface area contributed by atoms with Gasteiger partial charge in [-0.05, 0) is 110 Å². The summed E-state index contributed by atoms with van der Waals surface area (Å²) in [6, 6.07) is -0.0760. The zero-order valence-corrected chi connectivity index (χ0v) is 30.5. The molecule has 12 heteroatoms. The molecule has 0 aliphatic carbocycles. The largest absolute Gasteiger partial charge is 0.444 e. The Morgan fingerprint density at radius 1 is 0.578 bits per heavy atom. The van der Waals surface area contributed by atoms with Crippen molar-refractivity contribution in [1.82, 2.24) is 20.0 Å².